The van der Waals surface area contributed by atoms with Crippen LogP contribution in [0.25, 0.3) is 0 Å². The third-order valence-electron chi connectivity index (χ3n) is 3.74. The van der Waals surface area contributed by atoms with Crippen molar-refractivity contribution in [3.05, 3.63) is 0 Å². The van der Waals surface area contributed by atoms with Gasteiger partial charge in [-0.3, -0.25) is 4.57 Å². The Labute approximate surface area is 107 Å². The molecule has 0 N–H and O–H groups in total. The summed E-state index contributed by atoms with van der Waals surface area (Å²) in [4.78, 5) is 0. The van der Waals surface area contributed by atoms with Crippen molar-refractivity contribution >= 4 is 8.25 Å². The number of halogens is 2. The van der Waals surface area contributed by atoms with Crippen molar-refractivity contribution in [1.82, 2.24) is 0 Å². The number of rotatable bonds is 4. The second kappa shape index (κ2) is 6.97. The summed E-state index contributed by atoms with van der Waals surface area (Å²) >= 11 is 0. The quantitative estimate of drug-likeness (QED) is 0.732. The van der Waals surface area contributed by atoms with Crippen molar-refractivity contribution in [3.8, 4) is 0 Å². The van der Waals surface area contributed by atoms with E-state index in [0.717, 1.165) is 25.7 Å². The Bertz CT molecular complexity index is 264. The molecule has 4 atom stereocenters. The maximum absolute atomic E-state index is 13.5. The minimum Gasteiger partial charge on any atom is -0.304 e. The van der Waals surface area contributed by atoms with Crippen LogP contribution in [0.2, 0.25) is 0 Å². The van der Waals surface area contributed by atoms with Crippen molar-refractivity contribution < 1.29 is 22.4 Å². The summed E-state index contributed by atoms with van der Waals surface area (Å²) in [5.41, 5.74) is 0. The zero-order chi connectivity index (χ0) is 13.0. The smallest absolute Gasteiger partial charge is 0.304 e. The lowest BCUT2D eigenvalue weighted by Gasteiger charge is -2.28. The van der Waals surface area contributed by atoms with Crippen molar-refractivity contribution in [3.63, 3.8) is 0 Å². The molecule has 2 fully saturated rings. The van der Waals surface area contributed by atoms with Gasteiger partial charge in [0.25, 0.3) is 0 Å². The van der Waals surface area contributed by atoms with Gasteiger partial charge >= 0.3 is 8.25 Å². The van der Waals surface area contributed by atoms with Crippen LogP contribution in [0, 0.1) is 0 Å². The molecule has 0 bridgehead atoms. The molecular weight excluding hydrogens is 261 g/mol. The van der Waals surface area contributed by atoms with Gasteiger partial charge in [-0.05, 0) is 25.7 Å². The molecule has 2 aliphatic carbocycles. The minimum absolute atomic E-state index is 0.453. The molecule has 0 amide bonds. The van der Waals surface area contributed by atoms with Crippen LogP contribution in [0.15, 0.2) is 0 Å². The maximum Gasteiger partial charge on any atom is 0.319 e. The lowest BCUT2D eigenvalue weighted by Crippen LogP contribution is -2.29. The summed E-state index contributed by atoms with van der Waals surface area (Å²) in [6.07, 6.45) is 2.12. The molecule has 2 rings (SSSR count). The Hall–Kier alpha value is 0.01000. The van der Waals surface area contributed by atoms with Crippen LogP contribution in [-0.4, -0.2) is 24.6 Å². The molecule has 0 aromatic carbocycles. The SMILES string of the molecule is O=[PH](OC1CCCCC1F)OC1CCCCC1F. The molecule has 0 aliphatic heterocycles. The zero-order valence-corrected chi connectivity index (χ0v) is 11.4. The van der Waals surface area contributed by atoms with Crippen LogP contribution >= 0.6 is 8.25 Å². The van der Waals surface area contributed by atoms with E-state index in [2.05, 4.69) is 0 Å². The van der Waals surface area contributed by atoms with E-state index in [-0.39, 0.29) is 0 Å². The molecule has 106 valence electrons. The molecule has 0 saturated heterocycles. The van der Waals surface area contributed by atoms with Gasteiger partial charge < -0.3 is 9.05 Å². The summed E-state index contributed by atoms with van der Waals surface area (Å²) in [6.45, 7) is 0. The summed E-state index contributed by atoms with van der Waals surface area (Å²) in [7, 11) is -2.78. The van der Waals surface area contributed by atoms with E-state index < -0.39 is 32.8 Å². The second-order valence-corrected chi connectivity index (χ2v) is 6.13. The third-order valence-corrected chi connectivity index (χ3v) is 4.73. The van der Waals surface area contributed by atoms with Gasteiger partial charge in [0.1, 0.15) is 12.3 Å². The highest BCUT2D eigenvalue weighted by molar-refractivity contribution is 7.33. The first-order valence-electron chi connectivity index (χ1n) is 6.82. The first kappa shape index (κ1) is 14.4. The lowest BCUT2D eigenvalue weighted by molar-refractivity contribution is 0.0212. The molecule has 0 heterocycles. The van der Waals surface area contributed by atoms with Crippen molar-refractivity contribution in [2.24, 2.45) is 0 Å². The van der Waals surface area contributed by atoms with E-state index in [1.807, 2.05) is 0 Å². The highest BCUT2D eigenvalue weighted by Crippen LogP contribution is 2.38. The van der Waals surface area contributed by atoms with E-state index in [1.165, 1.54) is 0 Å². The molecule has 0 aromatic heterocycles. The van der Waals surface area contributed by atoms with E-state index >= 15 is 0 Å². The maximum atomic E-state index is 13.5. The van der Waals surface area contributed by atoms with Gasteiger partial charge in [-0.15, -0.1) is 0 Å². The van der Waals surface area contributed by atoms with Crippen LogP contribution < -0.4 is 0 Å². The van der Waals surface area contributed by atoms with Crippen LogP contribution in [0.3, 0.4) is 0 Å². The van der Waals surface area contributed by atoms with Crippen molar-refractivity contribution in [1.29, 1.82) is 0 Å². The highest BCUT2D eigenvalue weighted by Gasteiger charge is 2.31. The standard InChI is InChI=1S/C12H21F2O3P/c13-9-5-1-3-7-11(9)16-18(15)17-12-8-4-2-6-10(12)14/h9-12,18H,1-8H2. The molecule has 18 heavy (non-hydrogen) atoms. The number of hydrogen-bond acceptors (Lipinski definition) is 3. The second-order valence-electron chi connectivity index (χ2n) is 5.16. The van der Waals surface area contributed by atoms with Gasteiger partial charge in [-0.2, -0.15) is 0 Å². The third kappa shape index (κ3) is 4.01. The normalized spacial score (nSPS) is 39.4. The molecule has 0 spiro atoms. The van der Waals surface area contributed by atoms with Crippen LogP contribution in [-0.2, 0) is 13.6 Å². The Morgan fingerprint density at radius 3 is 1.56 bits per heavy atom. The van der Waals surface area contributed by atoms with E-state index in [9.17, 15) is 13.3 Å². The van der Waals surface area contributed by atoms with Crippen LogP contribution in [0.5, 0.6) is 0 Å². The van der Waals surface area contributed by atoms with Gasteiger partial charge in [0.05, 0.1) is 12.2 Å². The van der Waals surface area contributed by atoms with Gasteiger partial charge in [-0.1, -0.05) is 25.7 Å². The summed E-state index contributed by atoms with van der Waals surface area (Å²) in [5.74, 6) is 0. The molecular formula is C12H21F2O3P. The molecule has 0 radical (unpaired) electrons. The Morgan fingerprint density at radius 1 is 0.778 bits per heavy atom. The van der Waals surface area contributed by atoms with Crippen LogP contribution in [0.4, 0.5) is 8.78 Å². The van der Waals surface area contributed by atoms with Gasteiger partial charge in [-0.25, -0.2) is 8.78 Å². The summed E-state index contributed by atoms with van der Waals surface area (Å²) in [6, 6.07) is 0. The van der Waals surface area contributed by atoms with E-state index in [0.29, 0.717) is 25.7 Å². The lowest BCUT2D eigenvalue weighted by atomic mass is 9.96. The molecule has 0 aromatic rings. The Kier molecular flexibility index (Phi) is 5.58. The fourth-order valence-corrected chi connectivity index (χ4v) is 3.72. The van der Waals surface area contributed by atoms with Gasteiger partial charge in [0.15, 0.2) is 0 Å². The fraction of sp³-hybridized carbons (Fsp3) is 1.00. The van der Waals surface area contributed by atoms with E-state index in [1.54, 1.807) is 0 Å². The predicted molar refractivity (Wildman–Crippen MR) is 65.5 cm³/mol. The zero-order valence-electron chi connectivity index (χ0n) is 10.4. The molecule has 2 saturated carbocycles. The van der Waals surface area contributed by atoms with Crippen LogP contribution in [0.1, 0.15) is 51.4 Å². The van der Waals surface area contributed by atoms with E-state index in [4.69, 9.17) is 9.05 Å². The number of alkyl halides is 2. The highest BCUT2D eigenvalue weighted by atomic mass is 31.1. The summed E-state index contributed by atoms with van der Waals surface area (Å²) in [5, 5.41) is 0. The average molecular weight is 282 g/mol. The predicted octanol–water partition coefficient (Wildman–Crippen LogP) is 3.97. The molecule has 6 heteroatoms. The molecule has 3 nitrogen and oxygen atoms in total. The largest absolute Gasteiger partial charge is 0.319 e. The Balaban J connectivity index is 1.77. The van der Waals surface area contributed by atoms with Gasteiger partial charge in [0.2, 0.25) is 0 Å². The first-order valence-corrected chi connectivity index (χ1v) is 8.04. The molecule has 2 aliphatic rings. The fourth-order valence-electron chi connectivity index (χ4n) is 2.64. The van der Waals surface area contributed by atoms with Gasteiger partial charge in [0, 0.05) is 0 Å². The summed E-state index contributed by atoms with van der Waals surface area (Å²) < 4.78 is 48.9. The molecule has 4 unspecified atom stereocenters. The van der Waals surface area contributed by atoms with Crippen molar-refractivity contribution in [2.75, 3.05) is 0 Å². The van der Waals surface area contributed by atoms with Crippen molar-refractivity contribution in [2.45, 2.75) is 75.9 Å². The average Bonchev–Trinajstić information content (AvgIpc) is 2.35. The topological polar surface area (TPSA) is 35.5 Å². The monoisotopic (exact) mass is 282 g/mol. The Morgan fingerprint density at radius 2 is 1.17 bits per heavy atom. The first-order chi connectivity index (χ1) is 8.66. The minimum atomic E-state index is -2.78. The number of hydrogen-bond donors (Lipinski definition) is 0.